The Kier molecular flexibility index (Phi) is 4.56. The van der Waals surface area contributed by atoms with Gasteiger partial charge in [0, 0.05) is 18.6 Å². The molecule has 0 radical (unpaired) electrons. The summed E-state index contributed by atoms with van der Waals surface area (Å²) in [5.41, 5.74) is -0.252. The lowest BCUT2D eigenvalue weighted by atomic mass is 10.1. The molecular weight excluding hydrogens is 300 g/mol. The predicted octanol–water partition coefficient (Wildman–Crippen LogP) is 1.59. The van der Waals surface area contributed by atoms with Crippen LogP contribution in [0.4, 0.5) is 0 Å². The molecule has 1 saturated heterocycles. The minimum Gasteiger partial charge on any atom is -0.301 e. The van der Waals surface area contributed by atoms with E-state index >= 15 is 0 Å². The van der Waals surface area contributed by atoms with Crippen molar-refractivity contribution >= 4 is 10.0 Å². The van der Waals surface area contributed by atoms with Gasteiger partial charge >= 0.3 is 0 Å². The largest absolute Gasteiger partial charge is 0.301 e. The van der Waals surface area contributed by atoms with Gasteiger partial charge in [0.05, 0.1) is 6.20 Å². The summed E-state index contributed by atoms with van der Waals surface area (Å²) in [5.74, 6) is 0. The number of sulfonamides is 1. The van der Waals surface area contributed by atoms with Gasteiger partial charge in [0.25, 0.3) is 10.0 Å². The maximum Gasteiger partial charge on any atom is 0.258 e. The number of likely N-dealkylation sites (tertiary alicyclic amines) is 1. The Morgan fingerprint density at radius 2 is 2.00 bits per heavy atom. The Morgan fingerprint density at radius 3 is 2.64 bits per heavy atom. The summed E-state index contributed by atoms with van der Waals surface area (Å²) in [6, 6.07) is 1.59. The van der Waals surface area contributed by atoms with Crippen LogP contribution in [0, 0.1) is 0 Å². The van der Waals surface area contributed by atoms with Gasteiger partial charge in [-0.15, -0.1) is 0 Å². The molecule has 124 valence electrons. The van der Waals surface area contributed by atoms with Crippen LogP contribution in [0.1, 0.15) is 45.4 Å². The van der Waals surface area contributed by atoms with Crippen molar-refractivity contribution < 1.29 is 8.42 Å². The van der Waals surface area contributed by atoms with E-state index in [4.69, 9.17) is 0 Å². The molecule has 0 amide bonds. The van der Waals surface area contributed by atoms with Crippen LogP contribution in [0.15, 0.2) is 17.3 Å². The number of rotatable bonds is 7. The second-order valence-electron chi connectivity index (χ2n) is 6.62. The third-order valence-electron chi connectivity index (χ3n) is 4.57. The van der Waals surface area contributed by atoms with E-state index in [0.29, 0.717) is 11.6 Å². The fourth-order valence-corrected chi connectivity index (χ4v) is 4.85. The third-order valence-corrected chi connectivity index (χ3v) is 6.17. The van der Waals surface area contributed by atoms with E-state index < -0.39 is 10.0 Å². The second kappa shape index (κ2) is 6.29. The number of hydrogen-bond donors (Lipinski definition) is 1. The van der Waals surface area contributed by atoms with E-state index in [2.05, 4.69) is 14.7 Å². The molecule has 7 heteroatoms. The number of aromatic nitrogens is 2. The number of hydrogen-bond acceptors (Lipinski definition) is 4. The lowest BCUT2D eigenvalue weighted by Gasteiger charge is -2.30. The van der Waals surface area contributed by atoms with Crippen molar-refractivity contribution in [2.75, 3.05) is 19.6 Å². The van der Waals surface area contributed by atoms with E-state index in [1.54, 1.807) is 16.9 Å². The van der Waals surface area contributed by atoms with Crippen molar-refractivity contribution in [2.45, 2.75) is 62.6 Å². The Labute approximate surface area is 132 Å². The third kappa shape index (κ3) is 3.52. The summed E-state index contributed by atoms with van der Waals surface area (Å²) >= 11 is 0. The zero-order valence-electron chi connectivity index (χ0n) is 13.3. The molecule has 1 aliphatic carbocycles. The number of piperidine rings is 1. The molecular formula is C15H26N4O2S. The molecule has 1 N–H and O–H groups in total. The van der Waals surface area contributed by atoms with E-state index in [9.17, 15) is 8.42 Å². The number of nitrogens with zero attached hydrogens (tertiary/aromatic N) is 3. The average molecular weight is 326 g/mol. The predicted molar refractivity (Wildman–Crippen MR) is 85.1 cm³/mol. The molecule has 1 aromatic rings. The topological polar surface area (TPSA) is 67.2 Å². The first-order valence-corrected chi connectivity index (χ1v) is 9.81. The standard InChI is InChI=1S/C15H26N4O2S/c1-2-10-19-14(6-9-16-19)22(20,21)17-15(7-8-15)13-18-11-4-3-5-12-18/h6,9,17H,2-5,7-8,10-13H2,1H3. The van der Waals surface area contributed by atoms with Crippen molar-refractivity contribution in [3.63, 3.8) is 0 Å². The molecule has 1 saturated carbocycles. The smallest absolute Gasteiger partial charge is 0.258 e. The Morgan fingerprint density at radius 1 is 1.27 bits per heavy atom. The summed E-state index contributed by atoms with van der Waals surface area (Å²) in [7, 11) is -3.49. The summed E-state index contributed by atoms with van der Waals surface area (Å²) < 4.78 is 29.9. The van der Waals surface area contributed by atoms with Crippen LogP contribution in [0.5, 0.6) is 0 Å². The van der Waals surface area contributed by atoms with E-state index in [1.165, 1.54) is 19.3 Å². The zero-order valence-corrected chi connectivity index (χ0v) is 14.1. The molecule has 0 atom stereocenters. The molecule has 0 bridgehead atoms. The Bertz CT molecular complexity index is 601. The lowest BCUT2D eigenvalue weighted by Crippen LogP contribution is -2.47. The van der Waals surface area contributed by atoms with Gasteiger partial charge in [0.1, 0.15) is 0 Å². The van der Waals surface area contributed by atoms with Crippen LogP contribution in [0.3, 0.4) is 0 Å². The summed E-state index contributed by atoms with van der Waals surface area (Å²) in [6.45, 7) is 5.68. The van der Waals surface area contributed by atoms with Gasteiger partial charge in [-0.2, -0.15) is 5.10 Å². The van der Waals surface area contributed by atoms with Gasteiger partial charge < -0.3 is 4.90 Å². The van der Waals surface area contributed by atoms with Crippen LogP contribution in [0.2, 0.25) is 0 Å². The van der Waals surface area contributed by atoms with E-state index in [-0.39, 0.29) is 5.54 Å². The van der Waals surface area contributed by atoms with Gasteiger partial charge in [-0.25, -0.2) is 13.1 Å². The van der Waals surface area contributed by atoms with Crippen molar-refractivity contribution in [3.05, 3.63) is 12.3 Å². The van der Waals surface area contributed by atoms with Crippen LogP contribution < -0.4 is 4.72 Å². The Balaban J connectivity index is 1.69. The highest BCUT2D eigenvalue weighted by Gasteiger charge is 2.47. The first kappa shape index (κ1) is 16.0. The first-order valence-electron chi connectivity index (χ1n) is 8.33. The van der Waals surface area contributed by atoms with Crippen LogP contribution >= 0.6 is 0 Å². The van der Waals surface area contributed by atoms with Crippen molar-refractivity contribution in [3.8, 4) is 0 Å². The summed E-state index contributed by atoms with van der Waals surface area (Å²) in [5, 5.41) is 4.42. The van der Waals surface area contributed by atoms with Gasteiger partial charge in [-0.1, -0.05) is 13.3 Å². The van der Waals surface area contributed by atoms with Gasteiger partial charge in [-0.3, -0.25) is 4.68 Å². The van der Waals surface area contributed by atoms with Crippen molar-refractivity contribution in [1.82, 2.24) is 19.4 Å². The summed E-state index contributed by atoms with van der Waals surface area (Å²) in [6.07, 6.45) is 8.05. The molecule has 0 spiro atoms. The monoisotopic (exact) mass is 326 g/mol. The molecule has 1 aliphatic heterocycles. The SMILES string of the molecule is CCCn1nccc1S(=O)(=O)NC1(CN2CCCCC2)CC1. The summed E-state index contributed by atoms with van der Waals surface area (Å²) in [4.78, 5) is 2.41. The second-order valence-corrected chi connectivity index (χ2v) is 8.24. The molecule has 0 aromatic carbocycles. The molecule has 22 heavy (non-hydrogen) atoms. The van der Waals surface area contributed by atoms with Crippen molar-refractivity contribution in [2.24, 2.45) is 0 Å². The molecule has 3 rings (SSSR count). The molecule has 2 fully saturated rings. The molecule has 2 heterocycles. The van der Waals surface area contributed by atoms with Crippen LogP contribution in [-0.4, -0.2) is 48.3 Å². The Hall–Kier alpha value is -0.920. The fourth-order valence-electron chi connectivity index (χ4n) is 3.25. The van der Waals surface area contributed by atoms with Gasteiger partial charge in [0.15, 0.2) is 5.03 Å². The van der Waals surface area contributed by atoms with Crippen LogP contribution in [0.25, 0.3) is 0 Å². The number of nitrogens with one attached hydrogen (secondary N) is 1. The average Bonchev–Trinajstić information content (AvgIpc) is 3.04. The maximum absolute atomic E-state index is 12.7. The van der Waals surface area contributed by atoms with E-state index in [1.807, 2.05) is 6.92 Å². The van der Waals surface area contributed by atoms with Gasteiger partial charge in [-0.05, 0) is 51.3 Å². The fraction of sp³-hybridized carbons (Fsp3) is 0.800. The highest BCUT2D eigenvalue weighted by molar-refractivity contribution is 7.89. The lowest BCUT2D eigenvalue weighted by molar-refractivity contribution is 0.206. The van der Waals surface area contributed by atoms with Crippen molar-refractivity contribution in [1.29, 1.82) is 0 Å². The zero-order chi connectivity index (χ0) is 15.6. The minimum absolute atomic E-state index is 0.252. The van der Waals surface area contributed by atoms with Gasteiger partial charge in [0.2, 0.25) is 0 Å². The highest BCUT2D eigenvalue weighted by Crippen LogP contribution is 2.38. The molecule has 6 nitrogen and oxygen atoms in total. The minimum atomic E-state index is -3.49. The molecule has 0 unspecified atom stereocenters. The normalized spacial score (nSPS) is 21.9. The number of aryl methyl sites for hydroxylation is 1. The maximum atomic E-state index is 12.7. The van der Waals surface area contributed by atoms with E-state index in [0.717, 1.165) is 38.9 Å². The first-order chi connectivity index (χ1) is 10.5. The molecule has 2 aliphatic rings. The molecule has 1 aromatic heterocycles. The highest BCUT2D eigenvalue weighted by atomic mass is 32.2. The van der Waals surface area contributed by atoms with Crippen LogP contribution in [-0.2, 0) is 16.6 Å². The quantitative estimate of drug-likeness (QED) is 0.826.